The van der Waals surface area contributed by atoms with E-state index < -0.39 is 0 Å². The molecule has 0 radical (unpaired) electrons. The Bertz CT molecular complexity index is 2200. The summed E-state index contributed by atoms with van der Waals surface area (Å²) in [6.07, 6.45) is 10.9. The molecular weight excluding hydrogens is 712 g/mol. The lowest BCUT2D eigenvalue weighted by molar-refractivity contribution is -0.442. The second kappa shape index (κ2) is 17.1. The third kappa shape index (κ3) is 8.15. The van der Waals surface area contributed by atoms with Gasteiger partial charge in [-0.2, -0.15) is 4.58 Å². The molecule has 3 aliphatic rings. The van der Waals surface area contributed by atoms with Gasteiger partial charge in [-0.15, -0.1) is 0 Å². The minimum absolute atomic E-state index is 0.217. The lowest BCUT2D eigenvalue weighted by Crippen LogP contribution is -2.29. The number of allylic oxidation sites excluding steroid dienone is 8. The predicted octanol–water partition coefficient (Wildman–Crippen LogP) is 12.1. The van der Waals surface area contributed by atoms with Crippen LogP contribution in [0.15, 0.2) is 143 Å². The Balaban J connectivity index is 1.16. The maximum atomic E-state index is 7.25. The van der Waals surface area contributed by atoms with Crippen LogP contribution in [-0.4, -0.2) is 49.8 Å². The molecule has 0 saturated carbocycles. The normalized spacial score (nSPS) is 18.4. The molecule has 0 spiro atoms. The molecule has 4 aromatic carbocycles. The summed E-state index contributed by atoms with van der Waals surface area (Å²) in [5, 5.41) is 8.04. The average Bonchev–Trinajstić information content (AvgIpc) is 3.73. The van der Waals surface area contributed by atoms with Gasteiger partial charge in [-0.05, 0) is 118 Å². The molecule has 7 heteroatoms. The Kier molecular flexibility index (Phi) is 12.0. The summed E-state index contributed by atoms with van der Waals surface area (Å²) >= 11 is 7.25. The molecule has 0 atom stereocenters. The van der Waals surface area contributed by atoms with Gasteiger partial charge in [-0.3, -0.25) is 0 Å². The number of hydrogen-bond donors (Lipinski definition) is 2. The van der Waals surface area contributed by atoms with Crippen molar-refractivity contribution in [1.82, 2.24) is 0 Å². The Morgan fingerprint density at radius 2 is 1.32 bits per heavy atom. The Labute approximate surface area is 338 Å². The number of benzene rings is 4. The van der Waals surface area contributed by atoms with Gasteiger partial charge in [0.15, 0.2) is 12.3 Å². The topological polar surface area (TPSA) is 48.8 Å². The molecule has 0 aromatic heterocycles. The lowest BCUT2D eigenvalue weighted by Gasteiger charge is -2.27. The van der Waals surface area contributed by atoms with Crippen LogP contribution in [0.4, 0.5) is 34.1 Å². The molecular formula is C49H56ClN4O2+. The standard InChI is InChI=1S/C49H56ClN4O2/c1-7-55-31-29-53-43-25-23-39(51-37-15-11-9-12-16-37)33-41(43)48(3,4)45(53)27-21-35-19-20-36(47(35)50)22-28-46-49(5,6)42-34-40(52-38-17-13-10-14-18-38)24-26-44(42)54(46)30-32-56-8-2/h9-18,21-28,33-34,51-52H,7-8,19-20,29-32H2,1-6H3/q+1. The number of fused-ring (bicyclic) bond motifs is 2. The van der Waals surface area contributed by atoms with Crippen molar-refractivity contribution >= 4 is 51.4 Å². The lowest BCUT2D eigenvalue weighted by atomic mass is 9.81. The number of ether oxygens (including phenoxy) is 2. The Hall–Kier alpha value is -4.88. The van der Waals surface area contributed by atoms with Crippen LogP contribution in [0.25, 0.3) is 0 Å². The van der Waals surface area contributed by atoms with Gasteiger partial charge in [0.05, 0.1) is 12.0 Å². The summed E-state index contributed by atoms with van der Waals surface area (Å²) in [7, 11) is 0. The van der Waals surface area contributed by atoms with Crippen LogP contribution in [0.3, 0.4) is 0 Å². The second-order valence-electron chi connectivity index (χ2n) is 15.7. The highest BCUT2D eigenvalue weighted by Gasteiger charge is 2.45. The summed E-state index contributed by atoms with van der Waals surface area (Å²) in [5.41, 5.74) is 13.8. The van der Waals surface area contributed by atoms with Gasteiger partial charge in [0.25, 0.3) is 0 Å². The minimum atomic E-state index is -0.217. The first kappa shape index (κ1) is 39.4. The maximum Gasteiger partial charge on any atom is 0.210 e. The van der Waals surface area contributed by atoms with E-state index >= 15 is 0 Å². The van der Waals surface area contributed by atoms with Gasteiger partial charge < -0.3 is 25.0 Å². The van der Waals surface area contributed by atoms with E-state index in [0.29, 0.717) is 26.4 Å². The van der Waals surface area contributed by atoms with Gasteiger partial charge >= 0.3 is 0 Å². The molecule has 0 amide bonds. The summed E-state index contributed by atoms with van der Waals surface area (Å²) in [6, 6.07) is 34.1. The number of rotatable bonds is 15. The van der Waals surface area contributed by atoms with Crippen molar-refractivity contribution in [3.05, 3.63) is 154 Å². The van der Waals surface area contributed by atoms with Gasteiger partial charge in [-0.25, -0.2) is 0 Å². The first-order chi connectivity index (χ1) is 27.1. The fraction of sp³-hybridized carbons (Fsp3) is 0.327. The number of para-hydroxylation sites is 2. The van der Waals surface area contributed by atoms with Gasteiger partial charge in [0.1, 0.15) is 6.61 Å². The largest absolute Gasteiger partial charge is 0.380 e. The number of hydrogen-bond acceptors (Lipinski definition) is 5. The van der Waals surface area contributed by atoms with E-state index in [2.05, 4.69) is 171 Å². The number of halogens is 1. The zero-order valence-corrected chi connectivity index (χ0v) is 34.5. The summed E-state index contributed by atoms with van der Waals surface area (Å²) in [6.45, 7) is 17.7. The first-order valence-corrected chi connectivity index (χ1v) is 20.5. The molecule has 1 aliphatic carbocycles. The first-order valence-electron chi connectivity index (χ1n) is 20.1. The van der Waals surface area contributed by atoms with E-state index in [0.717, 1.165) is 53.7 Å². The average molecular weight is 768 g/mol. The molecule has 4 aromatic rings. The minimum Gasteiger partial charge on any atom is -0.380 e. The van der Waals surface area contributed by atoms with Gasteiger partial charge in [0, 0.05) is 82.0 Å². The van der Waals surface area contributed by atoms with Crippen LogP contribution >= 0.6 is 11.6 Å². The monoisotopic (exact) mass is 767 g/mol. The third-order valence-electron chi connectivity index (χ3n) is 11.3. The van der Waals surface area contributed by atoms with E-state index in [1.54, 1.807) is 0 Å². The Morgan fingerprint density at radius 1 is 0.696 bits per heavy atom. The van der Waals surface area contributed by atoms with Crippen molar-refractivity contribution in [2.45, 2.75) is 65.2 Å². The maximum absolute atomic E-state index is 7.25. The SMILES string of the molecule is CCOCCN1C(=CC=C2CCC(C=CC3=[N+](CCOCC)c4ccc(Nc5ccccc5)cc4C3(C)C)=C2Cl)C(C)(C)c2cc(Nc3ccccc3)ccc21. The van der Waals surface area contributed by atoms with Crippen molar-refractivity contribution in [3.8, 4) is 0 Å². The highest BCUT2D eigenvalue weighted by Crippen LogP contribution is 2.49. The predicted molar refractivity (Wildman–Crippen MR) is 236 cm³/mol. The van der Waals surface area contributed by atoms with Crippen LogP contribution in [0, 0.1) is 0 Å². The second-order valence-corrected chi connectivity index (χ2v) is 16.1. The molecule has 6 nitrogen and oxygen atoms in total. The van der Waals surface area contributed by atoms with Crippen molar-refractivity contribution in [1.29, 1.82) is 0 Å². The molecule has 2 heterocycles. The summed E-state index contributed by atoms with van der Waals surface area (Å²) in [5.74, 6) is 0. The van der Waals surface area contributed by atoms with Crippen LogP contribution < -0.4 is 15.5 Å². The molecule has 0 fully saturated rings. The fourth-order valence-electron chi connectivity index (χ4n) is 8.33. The smallest absolute Gasteiger partial charge is 0.210 e. The van der Waals surface area contributed by atoms with E-state index in [-0.39, 0.29) is 10.8 Å². The molecule has 2 N–H and O–H groups in total. The summed E-state index contributed by atoms with van der Waals surface area (Å²) in [4.78, 5) is 2.43. The van der Waals surface area contributed by atoms with Crippen molar-refractivity contribution in [3.63, 3.8) is 0 Å². The quantitative estimate of drug-likeness (QED) is 0.0932. The zero-order valence-electron chi connectivity index (χ0n) is 33.8. The van der Waals surface area contributed by atoms with Gasteiger partial charge in [0.2, 0.25) is 5.69 Å². The summed E-state index contributed by atoms with van der Waals surface area (Å²) < 4.78 is 14.1. The zero-order chi connectivity index (χ0) is 39.3. The molecule has 290 valence electrons. The van der Waals surface area contributed by atoms with Crippen molar-refractivity contribution in [2.75, 3.05) is 55.1 Å². The van der Waals surface area contributed by atoms with Gasteiger partial charge in [-0.1, -0.05) is 74.0 Å². The third-order valence-corrected chi connectivity index (χ3v) is 11.8. The highest BCUT2D eigenvalue weighted by molar-refractivity contribution is 6.33. The van der Waals surface area contributed by atoms with E-state index in [1.165, 1.54) is 45.1 Å². The molecule has 0 unspecified atom stereocenters. The van der Waals surface area contributed by atoms with Crippen LogP contribution in [0.5, 0.6) is 0 Å². The van der Waals surface area contributed by atoms with Crippen LogP contribution in [-0.2, 0) is 20.3 Å². The van der Waals surface area contributed by atoms with Crippen LogP contribution in [0.1, 0.15) is 65.5 Å². The molecule has 7 rings (SSSR count). The van der Waals surface area contributed by atoms with E-state index in [1.807, 2.05) is 12.1 Å². The van der Waals surface area contributed by atoms with Crippen LogP contribution in [0.2, 0.25) is 0 Å². The Morgan fingerprint density at radius 3 is 1.98 bits per heavy atom. The molecule has 0 saturated heterocycles. The van der Waals surface area contributed by atoms with Crippen molar-refractivity contribution < 1.29 is 14.0 Å². The highest BCUT2D eigenvalue weighted by atomic mass is 35.5. The van der Waals surface area contributed by atoms with E-state index in [9.17, 15) is 0 Å². The number of anilines is 5. The molecule has 0 bridgehead atoms. The van der Waals surface area contributed by atoms with Crippen molar-refractivity contribution in [2.24, 2.45) is 0 Å². The fourth-order valence-corrected chi connectivity index (χ4v) is 8.65. The molecule has 2 aliphatic heterocycles. The molecule has 56 heavy (non-hydrogen) atoms. The number of nitrogens with zero attached hydrogens (tertiary/aromatic N) is 2. The number of nitrogens with one attached hydrogen (secondary N) is 2. The van der Waals surface area contributed by atoms with E-state index in [4.69, 9.17) is 21.1 Å².